The molecular weight excluding hydrogens is 180 g/mol. The Bertz CT molecular complexity index is 381. The normalized spacial score (nSPS) is 9.64. The van der Waals surface area contributed by atoms with Crippen molar-refractivity contribution < 1.29 is 14.3 Å². The summed E-state index contributed by atoms with van der Waals surface area (Å²) >= 11 is 0. The van der Waals surface area contributed by atoms with Gasteiger partial charge in [-0.2, -0.15) is 0 Å². The topological polar surface area (TPSA) is 43.4 Å². The van der Waals surface area contributed by atoms with Crippen LogP contribution in [0.25, 0.3) is 0 Å². The summed E-state index contributed by atoms with van der Waals surface area (Å²) in [6.45, 7) is 3.54. The molecule has 0 spiro atoms. The number of benzene rings is 1. The molecule has 0 bridgehead atoms. The second-order valence-electron chi connectivity index (χ2n) is 3.08. The predicted octanol–water partition coefficient (Wildman–Crippen LogP) is 1.94. The van der Waals surface area contributed by atoms with Crippen molar-refractivity contribution in [3.63, 3.8) is 0 Å². The number of aryl methyl sites for hydroxylation is 1. The minimum Gasteiger partial charge on any atom is -0.496 e. The van der Waals surface area contributed by atoms with E-state index < -0.39 is 0 Å². The molecule has 3 nitrogen and oxygen atoms in total. The summed E-state index contributed by atoms with van der Waals surface area (Å²) < 4.78 is 5.09. The Kier molecular flexibility index (Phi) is 3.02. The second kappa shape index (κ2) is 4.05. The van der Waals surface area contributed by atoms with Gasteiger partial charge in [0.1, 0.15) is 5.75 Å². The van der Waals surface area contributed by atoms with Crippen molar-refractivity contribution in [3.05, 3.63) is 28.3 Å². The molecule has 1 rings (SSSR count). The van der Waals surface area contributed by atoms with Crippen molar-refractivity contribution in [1.29, 1.82) is 0 Å². The monoisotopic (exact) mass is 192 g/mol. The minimum atomic E-state index is 0.414. The number of aldehydes is 2. The van der Waals surface area contributed by atoms with E-state index >= 15 is 0 Å². The molecule has 0 amide bonds. The molecule has 0 aliphatic heterocycles. The molecule has 0 aromatic heterocycles. The van der Waals surface area contributed by atoms with E-state index in [0.29, 0.717) is 35.0 Å². The molecule has 0 heterocycles. The fourth-order valence-corrected chi connectivity index (χ4v) is 1.45. The molecule has 1 aromatic carbocycles. The molecule has 3 heteroatoms. The lowest BCUT2D eigenvalue weighted by atomic mass is 9.98. The first-order valence-electron chi connectivity index (χ1n) is 4.24. The van der Waals surface area contributed by atoms with Crippen LogP contribution in [-0.2, 0) is 0 Å². The zero-order valence-corrected chi connectivity index (χ0v) is 8.46. The molecule has 0 saturated heterocycles. The van der Waals surface area contributed by atoms with Gasteiger partial charge in [-0.1, -0.05) is 0 Å². The number of methoxy groups -OCH3 is 1. The van der Waals surface area contributed by atoms with E-state index in [9.17, 15) is 9.59 Å². The van der Waals surface area contributed by atoms with E-state index in [1.165, 1.54) is 7.11 Å². The van der Waals surface area contributed by atoms with E-state index in [1.807, 2.05) is 0 Å². The summed E-state index contributed by atoms with van der Waals surface area (Å²) in [5.41, 5.74) is 2.31. The lowest BCUT2D eigenvalue weighted by molar-refractivity contribution is 0.109. The fourth-order valence-electron chi connectivity index (χ4n) is 1.45. The zero-order valence-electron chi connectivity index (χ0n) is 8.46. The van der Waals surface area contributed by atoms with Gasteiger partial charge >= 0.3 is 0 Å². The summed E-state index contributed by atoms with van der Waals surface area (Å²) in [4.78, 5) is 21.6. The lowest BCUT2D eigenvalue weighted by Gasteiger charge is -2.10. The Morgan fingerprint density at radius 2 is 1.71 bits per heavy atom. The molecule has 0 aliphatic carbocycles. The quantitative estimate of drug-likeness (QED) is 0.687. The van der Waals surface area contributed by atoms with Gasteiger partial charge in [-0.05, 0) is 25.5 Å². The number of rotatable bonds is 3. The van der Waals surface area contributed by atoms with Crippen LogP contribution in [0.5, 0.6) is 5.75 Å². The van der Waals surface area contributed by atoms with Crippen LogP contribution in [0.1, 0.15) is 31.8 Å². The van der Waals surface area contributed by atoms with Crippen LogP contribution in [0.2, 0.25) is 0 Å². The van der Waals surface area contributed by atoms with Crippen molar-refractivity contribution in [1.82, 2.24) is 0 Å². The van der Waals surface area contributed by atoms with Crippen LogP contribution in [0.4, 0.5) is 0 Å². The Hall–Kier alpha value is -1.64. The SMILES string of the molecule is COc1cc(C)c(C=O)c(C=O)c1C. The van der Waals surface area contributed by atoms with Gasteiger partial charge in [0, 0.05) is 16.7 Å². The van der Waals surface area contributed by atoms with Gasteiger partial charge in [0.25, 0.3) is 0 Å². The van der Waals surface area contributed by atoms with Gasteiger partial charge in [0.05, 0.1) is 7.11 Å². The van der Waals surface area contributed by atoms with Gasteiger partial charge in [-0.3, -0.25) is 9.59 Å². The van der Waals surface area contributed by atoms with Gasteiger partial charge < -0.3 is 4.74 Å². The number of carbonyl (C=O) groups excluding carboxylic acids is 2. The van der Waals surface area contributed by atoms with E-state index in [4.69, 9.17) is 4.74 Å². The average molecular weight is 192 g/mol. The van der Waals surface area contributed by atoms with Crippen LogP contribution < -0.4 is 4.74 Å². The van der Waals surface area contributed by atoms with Gasteiger partial charge in [-0.25, -0.2) is 0 Å². The highest BCUT2D eigenvalue weighted by Crippen LogP contribution is 2.25. The van der Waals surface area contributed by atoms with Crippen molar-refractivity contribution in [2.45, 2.75) is 13.8 Å². The van der Waals surface area contributed by atoms with Gasteiger partial charge in [0.2, 0.25) is 0 Å². The summed E-state index contributed by atoms with van der Waals surface area (Å²) in [5.74, 6) is 0.634. The Balaban J connectivity index is 3.55. The van der Waals surface area contributed by atoms with E-state index in [0.717, 1.165) is 5.56 Å². The third kappa shape index (κ3) is 1.53. The second-order valence-corrected chi connectivity index (χ2v) is 3.08. The molecule has 0 N–H and O–H groups in total. The molecule has 0 fully saturated rings. The maximum absolute atomic E-state index is 10.8. The number of hydrogen-bond donors (Lipinski definition) is 0. The summed E-state index contributed by atoms with van der Waals surface area (Å²) in [6, 6.07) is 1.76. The Morgan fingerprint density at radius 1 is 1.14 bits per heavy atom. The minimum absolute atomic E-state index is 0.414. The van der Waals surface area contributed by atoms with Crippen molar-refractivity contribution in [3.8, 4) is 5.75 Å². The highest BCUT2D eigenvalue weighted by Gasteiger charge is 2.12. The summed E-state index contributed by atoms with van der Waals surface area (Å²) in [6.07, 6.45) is 1.39. The average Bonchev–Trinajstić information content (AvgIpc) is 2.20. The Labute approximate surface area is 82.7 Å². The van der Waals surface area contributed by atoms with Crippen LogP contribution >= 0.6 is 0 Å². The lowest BCUT2D eigenvalue weighted by Crippen LogP contribution is -2.01. The van der Waals surface area contributed by atoms with Crippen molar-refractivity contribution in [2.24, 2.45) is 0 Å². The summed E-state index contributed by atoms with van der Waals surface area (Å²) in [7, 11) is 1.54. The molecule has 0 atom stereocenters. The van der Waals surface area contributed by atoms with Crippen molar-refractivity contribution >= 4 is 12.6 Å². The summed E-state index contributed by atoms with van der Waals surface area (Å²) in [5, 5.41) is 0. The predicted molar refractivity (Wildman–Crippen MR) is 53.2 cm³/mol. The fraction of sp³-hybridized carbons (Fsp3) is 0.273. The third-order valence-corrected chi connectivity index (χ3v) is 2.29. The molecular formula is C11H12O3. The highest BCUT2D eigenvalue weighted by molar-refractivity contribution is 5.93. The van der Waals surface area contributed by atoms with E-state index in [2.05, 4.69) is 0 Å². The van der Waals surface area contributed by atoms with Crippen molar-refractivity contribution in [2.75, 3.05) is 7.11 Å². The van der Waals surface area contributed by atoms with Crippen LogP contribution in [0.3, 0.4) is 0 Å². The Morgan fingerprint density at radius 3 is 2.14 bits per heavy atom. The van der Waals surface area contributed by atoms with Crippen LogP contribution in [-0.4, -0.2) is 19.7 Å². The molecule has 0 unspecified atom stereocenters. The first-order chi connectivity index (χ1) is 6.65. The molecule has 0 aliphatic rings. The molecule has 1 aromatic rings. The van der Waals surface area contributed by atoms with Crippen LogP contribution in [0.15, 0.2) is 6.07 Å². The molecule has 0 radical (unpaired) electrons. The van der Waals surface area contributed by atoms with E-state index in [1.54, 1.807) is 19.9 Å². The zero-order chi connectivity index (χ0) is 10.7. The van der Waals surface area contributed by atoms with Gasteiger partial charge in [0.15, 0.2) is 12.6 Å². The molecule has 74 valence electrons. The smallest absolute Gasteiger partial charge is 0.151 e. The number of carbonyl (C=O) groups is 2. The largest absolute Gasteiger partial charge is 0.496 e. The van der Waals surface area contributed by atoms with Crippen LogP contribution in [0, 0.1) is 13.8 Å². The molecule has 0 saturated carbocycles. The number of ether oxygens (including phenoxy) is 1. The first kappa shape index (κ1) is 10.4. The maximum Gasteiger partial charge on any atom is 0.151 e. The molecule has 14 heavy (non-hydrogen) atoms. The van der Waals surface area contributed by atoms with E-state index in [-0.39, 0.29) is 0 Å². The third-order valence-electron chi connectivity index (χ3n) is 2.29. The standard InChI is InChI=1S/C11H12O3/c1-7-4-11(14-3)8(2)10(6-13)9(7)5-12/h4-6H,1-3H3. The van der Waals surface area contributed by atoms with Gasteiger partial charge in [-0.15, -0.1) is 0 Å². The first-order valence-corrected chi connectivity index (χ1v) is 4.24. The highest BCUT2D eigenvalue weighted by atomic mass is 16.5. The number of hydrogen-bond acceptors (Lipinski definition) is 3. The maximum atomic E-state index is 10.8.